The zero-order valence-electron chi connectivity index (χ0n) is 11.5. The molecule has 0 aromatic heterocycles. The molecule has 1 saturated heterocycles. The standard InChI is InChI=1S/C15H24N2/c1-12-5-7-13(8-6-12)17-10-9-16-14(11-17)15(2,3)4/h5-8,14,16H,9-11H2,1-4H3. The largest absolute Gasteiger partial charge is 0.369 e. The minimum atomic E-state index is 0.323. The molecule has 0 aliphatic carbocycles. The lowest BCUT2D eigenvalue weighted by atomic mass is 9.85. The molecule has 0 spiro atoms. The summed E-state index contributed by atoms with van der Waals surface area (Å²) in [7, 11) is 0. The topological polar surface area (TPSA) is 15.3 Å². The van der Waals surface area contributed by atoms with Crippen LogP contribution in [0.5, 0.6) is 0 Å². The van der Waals surface area contributed by atoms with Gasteiger partial charge in [0.15, 0.2) is 0 Å². The number of piperazine rings is 1. The van der Waals surface area contributed by atoms with E-state index in [1.54, 1.807) is 0 Å². The molecule has 1 aliphatic rings. The van der Waals surface area contributed by atoms with Crippen molar-refractivity contribution in [1.29, 1.82) is 0 Å². The van der Waals surface area contributed by atoms with E-state index in [0.717, 1.165) is 19.6 Å². The minimum Gasteiger partial charge on any atom is -0.369 e. The van der Waals surface area contributed by atoms with Gasteiger partial charge in [-0.05, 0) is 24.5 Å². The average Bonchev–Trinajstić information content (AvgIpc) is 2.29. The summed E-state index contributed by atoms with van der Waals surface area (Å²) in [4.78, 5) is 2.49. The van der Waals surface area contributed by atoms with Crippen LogP contribution in [-0.2, 0) is 0 Å². The number of benzene rings is 1. The summed E-state index contributed by atoms with van der Waals surface area (Å²) in [6.45, 7) is 12.4. The van der Waals surface area contributed by atoms with E-state index in [-0.39, 0.29) is 0 Å². The smallest absolute Gasteiger partial charge is 0.0367 e. The van der Waals surface area contributed by atoms with E-state index in [4.69, 9.17) is 0 Å². The maximum atomic E-state index is 3.63. The second-order valence-corrected chi connectivity index (χ2v) is 6.15. The maximum absolute atomic E-state index is 3.63. The number of hydrogen-bond donors (Lipinski definition) is 1. The van der Waals surface area contributed by atoms with Crippen LogP contribution in [0.4, 0.5) is 5.69 Å². The fourth-order valence-corrected chi connectivity index (χ4v) is 2.32. The first-order chi connectivity index (χ1) is 7.97. The molecule has 2 nitrogen and oxygen atoms in total. The highest BCUT2D eigenvalue weighted by Crippen LogP contribution is 2.24. The highest BCUT2D eigenvalue weighted by Gasteiger charge is 2.29. The molecule has 94 valence electrons. The lowest BCUT2D eigenvalue weighted by Gasteiger charge is -2.41. The van der Waals surface area contributed by atoms with Gasteiger partial charge < -0.3 is 10.2 Å². The Morgan fingerprint density at radius 2 is 1.82 bits per heavy atom. The molecule has 0 bridgehead atoms. The average molecular weight is 232 g/mol. The number of hydrogen-bond acceptors (Lipinski definition) is 2. The minimum absolute atomic E-state index is 0.323. The van der Waals surface area contributed by atoms with E-state index in [9.17, 15) is 0 Å². The third-order valence-electron chi connectivity index (χ3n) is 3.62. The second kappa shape index (κ2) is 4.69. The molecule has 0 saturated carbocycles. The van der Waals surface area contributed by atoms with Crippen LogP contribution in [-0.4, -0.2) is 25.7 Å². The van der Waals surface area contributed by atoms with E-state index in [1.165, 1.54) is 11.3 Å². The SMILES string of the molecule is Cc1ccc(N2CCNC(C(C)(C)C)C2)cc1. The van der Waals surface area contributed by atoms with Crippen molar-refractivity contribution < 1.29 is 0 Å². The van der Waals surface area contributed by atoms with Gasteiger partial charge in [-0.15, -0.1) is 0 Å². The van der Waals surface area contributed by atoms with Gasteiger partial charge in [-0.3, -0.25) is 0 Å². The number of nitrogens with zero attached hydrogens (tertiary/aromatic N) is 1. The van der Waals surface area contributed by atoms with Crippen molar-refractivity contribution in [3.63, 3.8) is 0 Å². The molecule has 1 fully saturated rings. The Morgan fingerprint density at radius 1 is 1.18 bits per heavy atom. The van der Waals surface area contributed by atoms with Crippen molar-refractivity contribution in [2.45, 2.75) is 33.7 Å². The van der Waals surface area contributed by atoms with Crippen molar-refractivity contribution in [2.24, 2.45) is 5.41 Å². The van der Waals surface area contributed by atoms with Crippen LogP contribution in [0.3, 0.4) is 0 Å². The van der Waals surface area contributed by atoms with E-state index < -0.39 is 0 Å². The normalized spacial score (nSPS) is 21.6. The van der Waals surface area contributed by atoms with Crippen LogP contribution in [0, 0.1) is 12.3 Å². The third kappa shape index (κ3) is 3.01. The number of rotatable bonds is 1. The van der Waals surface area contributed by atoms with E-state index in [0.29, 0.717) is 11.5 Å². The lowest BCUT2D eigenvalue weighted by molar-refractivity contribution is 0.254. The fraction of sp³-hybridized carbons (Fsp3) is 0.600. The zero-order valence-corrected chi connectivity index (χ0v) is 11.5. The van der Waals surface area contributed by atoms with Crippen LogP contribution < -0.4 is 10.2 Å². The first-order valence-corrected chi connectivity index (χ1v) is 6.52. The zero-order chi connectivity index (χ0) is 12.5. The van der Waals surface area contributed by atoms with Crippen LogP contribution in [0.2, 0.25) is 0 Å². The van der Waals surface area contributed by atoms with Gasteiger partial charge in [0.1, 0.15) is 0 Å². The first kappa shape index (κ1) is 12.4. The molecule has 1 atom stereocenters. The highest BCUT2D eigenvalue weighted by molar-refractivity contribution is 5.48. The molecule has 0 radical (unpaired) electrons. The predicted molar refractivity (Wildman–Crippen MR) is 74.6 cm³/mol. The van der Waals surface area contributed by atoms with Gasteiger partial charge in [0.2, 0.25) is 0 Å². The summed E-state index contributed by atoms with van der Waals surface area (Å²) in [6, 6.07) is 9.44. The van der Waals surface area contributed by atoms with Crippen molar-refractivity contribution >= 4 is 5.69 Å². The summed E-state index contributed by atoms with van der Waals surface area (Å²) in [5.74, 6) is 0. The number of anilines is 1. The number of aryl methyl sites for hydroxylation is 1. The molecule has 1 N–H and O–H groups in total. The Labute approximate surface area is 105 Å². The summed E-state index contributed by atoms with van der Waals surface area (Å²) < 4.78 is 0. The van der Waals surface area contributed by atoms with Crippen LogP contribution in [0.25, 0.3) is 0 Å². The van der Waals surface area contributed by atoms with Crippen molar-refractivity contribution in [2.75, 3.05) is 24.5 Å². The van der Waals surface area contributed by atoms with Gasteiger partial charge in [-0.25, -0.2) is 0 Å². The van der Waals surface area contributed by atoms with Crippen LogP contribution >= 0.6 is 0 Å². The van der Waals surface area contributed by atoms with Gasteiger partial charge in [-0.2, -0.15) is 0 Å². The predicted octanol–water partition coefficient (Wildman–Crippen LogP) is 2.82. The second-order valence-electron chi connectivity index (χ2n) is 6.15. The molecule has 1 heterocycles. The van der Waals surface area contributed by atoms with Crippen LogP contribution in [0.1, 0.15) is 26.3 Å². The van der Waals surface area contributed by atoms with Gasteiger partial charge in [0.05, 0.1) is 0 Å². The Bertz CT molecular complexity index is 362. The van der Waals surface area contributed by atoms with Gasteiger partial charge in [-0.1, -0.05) is 38.5 Å². The molecular formula is C15H24N2. The summed E-state index contributed by atoms with van der Waals surface area (Å²) in [6.07, 6.45) is 0. The summed E-state index contributed by atoms with van der Waals surface area (Å²) in [5, 5.41) is 3.63. The van der Waals surface area contributed by atoms with Crippen molar-refractivity contribution in [3.8, 4) is 0 Å². The van der Waals surface area contributed by atoms with Crippen molar-refractivity contribution in [3.05, 3.63) is 29.8 Å². The van der Waals surface area contributed by atoms with E-state index in [1.807, 2.05) is 0 Å². The van der Waals surface area contributed by atoms with Crippen LogP contribution in [0.15, 0.2) is 24.3 Å². The quantitative estimate of drug-likeness (QED) is 0.801. The molecule has 17 heavy (non-hydrogen) atoms. The first-order valence-electron chi connectivity index (χ1n) is 6.52. The molecular weight excluding hydrogens is 208 g/mol. The Balaban J connectivity index is 2.09. The van der Waals surface area contributed by atoms with Gasteiger partial charge in [0.25, 0.3) is 0 Å². The lowest BCUT2D eigenvalue weighted by Crippen LogP contribution is -2.56. The molecule has 1 aromatic rings. The molecule has 2 rings (SSSR count). The van der Waals surface area contributed by atoms with E-state index >= 15 is 0 Å². The highest BCUT2D eigenvalue weighted by atomic mass is 15.2. The Hall–Kier alpha value is -1.02. The summed E-state index contributed by atoms with van der Waals surface area (Å²) >= 11 is 0. The molecule has 2 heteroatoms. The molecule has 1 aliphatic heterocycles. The van der Waals surface area contributed by atoms with Gasteiger partial charge >= 0.3 is 0 Å². The molecule has 1 aromatic carbocycles. The maximum Gasteiger partial charge on any atom is 0.0367 e. The van der Waals surface area contributed by atoms with E-state index in [2.05, 4.69) is 62.2 Å². The Morgan fingerprint density at radius 3 is 2.41 bits per heavy atom. The summed E-state index contributed by atoms with van der Waals surface area (Å²) in [5.41, 5.74) is 3.01. The number of nitrogens with one attached hydrogen (secondary N) is 1. The Kier molecular flexibility index (Phi) is 3.43. The monoisotopic (exact) mass is 232 g/mol. The molecule has 0 amide bonds. The van der Waals surface area contributed by atoms with Gasteiger partial charge in [0, 0.05) is 31.4 Å². The molecule has 1 unspecified atom stereocenters. The fourth-order valence-electron chi connectivity index (χ4n) is 2.32. The van der Waals surface area contributed by atoms with Crippen molar-refractivity contribution in [1.82, 2.24) is 5.32 Å². The third-order valence-corrected chi connectivity index (χ3v) is 3.62.